The Hall–Kier alpha value is -3.40. The molecule has 3 aromatic rings. The first-order valence-corrected chi connectivity index (χ1v) is 10.5. The van der Waals surface area contributed by atoms with Gasteiger partial charge in [0.2, 0.25) is 0 Å². The van der Waals surface area contributed by atoms with Crippen LogP contribution >= 0.6 is 0 Å². The lowest BCUT2D eigenvalue weighted by Gasteiger charge is -2.42. The molecule has 0 heterocycles. The van der Waals surface area contributed by atoms with Gasteiger partial charge in [-0.15, -0.1) is 0 Å². The molecular formula is C27H26O4. The van der Waals surface area contributed by atoms with E-state index in [9.17, 15) is 9.59 Å². The number of fused-ring (bicyclic) bond motifs is 1. The normalized spacial score (nSPS) is 20.0. The molecule has 0 unspecified atom stereocenters. The van der Waals surface area contributed by atoms with E-state index in [1.165, 1.54) is 19.8 Å². The number of carbonyl (C=O) groups excluding carboxylic acids is 2. The minimum Gasteiger partial charge on any atom is -0.468 e. The smallest absolute Gasteiger partial charge is 0.320 e. The van der Waals surface area contributed by atoms with Crippen molar-refractivity contribution < 1.29 is 19.1 Å². The maximum absolute atomic E-state index is 12.8. The summed E-state index contributed by atoms with van der Waals surface area (Å²) >= 11 is 0. The van der Waals surface area contributed by atoms with Crippen molar-refractivity contribution in [2.75, 3.05) is 14.2 Å². The van der Waals surface area contributed by atoms with E-state index >= 15 is 0 Å². The molecule has 0 bridgehead atoms. The van der Waals surface area contributed by atoms with E-state index in [1.807, 2.05) is 42.5 Å². The first-order chi connectivity index (χ1) is 15.2. The fourth-order valence-electron chi connectivity index (χ4n) is 5.03. The number of benzene rings is 3. The zero-order chi connectivity index (χ0) is 21.8. The minimum atomic E-state index is -1.00. The van der Waals surface area contributed by atoms with Crippen LogP contribution in [0, 0.1) is 11.8 Å². The fraction of sp³-hybridized carbons (Fsp3) is 0.259. The summed E-state index contributed by atoms with van der Waals surface area (Å²) in [5.74, 6) is -2.51. The maximum atomic E-state index is 12.8. The van der Waals surface area contributed by atoms with Gasteiger partial charge in [0.15, 0.2) is 5.92 Å². The van der Waals surface area contributed by atoms with Gasteiger partial charge in [-0.25, -0.2) is 0 Å². The predicted molar refractivity (Wildman–Crippen MR) is 119 cm³/mol. The van der Waals surface area contributed by atoms with Crippen molar-refractivity contribution in [2.45, 2.75) is 18.3 Å². The Morgan fingerprint density at radius 1 is 0.742 bits per heavy atom. The summed E-state index contributed by atoms with van der Waals surface area (Å²) < 4.78 is 10.1. The van der Waals surface area contributed by atoms with Crippen molar-refractivity contribution in [3.05, 3.63) is 107 Å². The number of esters is 2. The van der Waals surface area contributed by atoms with Crippen molar-refractivity contribution in [2.24, 2.45) is 11.8 Å². The average Bonchev–Trinajstić information content (AvgIpc) is 2.84. The van der Waals surface area contributed by atoms with Crippen LogP contribution in [0.2, 0.25) is 0 Å². The first-order valence-electron chi connectivity index (χ1n) is 10.5. The largest absolute Gasteiger partial charge is 0.468 e. The van der Waals surface area contributed by atoms with Crippen LogP contribution in [-0.4, -0.2) is 26.2 Å². The van der Waals surface area contributed by atoms with E-state index in [0.717, 1.165) is 16.7 Å². The molecule has 3 atom stereocenters. The lowest BCUT2D eigenvalue weighted by molar-refractivity contribution is -0.162. The molecule has 4 heteroatoms. The van der Waals surface area contributed by atoms with Gasteiger partial charge in [-0.05, 0) is 40.5 Å². The number of rotatable bonds is 5. The predicted octanol–water partition coefficient (Wildman–Crippen LogP) is 4.74. The highest BCUT2D eigenvalue weighted by Crippen LogP contribution is 2.51. The van der Waals surface area contributed by atoms with Gasteiger partial charge in [0, 0.05) is 5.92 Å². The molecule has 31 heavy (non-hydrogen) atoms. The summed E-state index contributed by atoms with van der Waals surface area (Å²) in [5.41, 5.74) is 4.62. The molecule has 0 aromatic heterocycles. The lowest BCUT2D eigenvalue weighted by atomic mass is 9.61. The van der Waals surface area contributed by atoms with E-state index in [-0.39, 0.29) is 17.8 Å². The van der Waals surface area contributed by atoms with E-state index < -0.39 is 17.9 Å². The molecule has 4 nitrogen and oxygen atoms in total. The summed E-state index contributed by atoms with van der Waals surface area (Å²) in [4.78, 5) is 25.6. The van der Waals surface area contributed by atoms with Gasteiger partial charge in [-0.3, -0.25) is 9.59 Å². The molecule has 0 radical (unpaired) electrons. The standard InChI is InChI=1S/C27H26O4/c1-30-26(28)25(27(29)31-2)22-17-20-15-9-10-16-21(20)23(18-11-5-3-6-12-18)24(22)19-13-7-4-8-14-19/h3-16,22-25H,17H2,1-2H3/t22-,23+,24+/m1/s1. The Kier molecular flexibility index (Phi) is 6.17. The van der Waals surface area contributed by atoms with Crippen molar-refractivity contribution in [1.29, 1.82) is 0 Å². The van der Waals surface area contributed by atoms with Crippen LogP contribution in [0.4, 0.5) is 0 Å². The monoisotopic (exact) mass is 414 g/mol. The van der Waals surface area contributed by atoms with Gasteiger partial charge in [-0.2, -0.15) is 0 Å². The molecule has 0 fully saturated rings. The van der Waals surface area contributed by atoms with Crippen LogP contribution in [-0.2, 0) is 25.5 Å². The highest BCUT2D eigenvalue weighted by atomic mass is 16.5. The van der Waals surface area contributed by atoms with Crippen molar-refractivity contribution in [3.63, 3.8) is 0 Å². The number of hydrogen-bond donors (Lipinski definition) is 0. The summed E-state index contributed by atoms with van der Waals surface area (Å²) in [7, 11) is 2.64. The molecule has 3 aromatic carbocycles. The Labute approximate surface area is 182 Å². The van der Waals surface area contributed by atoms with E-state index in [1.54, 1.807) is 0 Å². The van der Waals surface area contributed by atoms with Crippen LogP contribution in [0.15, 0.2) is 84.9 Å². The zero-order valence-electron chi connectivity index (χ0n) is 17.7. The average molecular weight is 415 g/mol. The molecule has 0 N–H and O–H groups in total. The van der Waals surface area contributed by atoms with Crippen molar-refractivity contribution in [1.82, 2.24) is 0 Å². The van der Waals surface area contributed by atoms with Gasteiger partial charge in [0.25, 0.3) is 0 Å². The summed E-state index contributed by atoms with van der Waals surface area (Å²) in [6, 6.07) is 28.7. The Morgan fingerprint density at radius 2 is 1.26 bits per heavy atom. The summed E-state index contributed by atoms with van der Waals surface area (Å²) in [6.07, 6.45) is 0.591. The van der Waals surface area contributed by atoms with Crippen LogP contribution < -0.4 is 0 Å². The Bertz CT molecular complexity index is 1030. The van der Waals surface area contributed by atoms with Crippen molar-refractivity contribution in [3.8, 4) is 0 Å². The Balaban J connectivity index is 1.96. The second kappa shape index (κ2) is 9.17. The fourth-order valence-corrected chi connectivity index (χ4v) is 5.03. The lowest BCUT2D eigenvalue weighted by Crippen LogP contribution is -2.41. The summed E-state index contributed by atoms with van der Waals surface area (Å²) in [5, 5.41) is 0. The second-order valence-electron chi connectivity index (χ2n) is 7.92. The molecule has 4 rings (SSSR count). The molecule has 0 spiro atoms. The summed E-state index contributed by atoms with van der Waals surface area (Å²) in [6.45, 7) is 0. The molecule has 1 aliphatic carbocycles. The van der Waals surface area contributed by atoms with E-state index in [2.05, 4.69) is 42.5 Å². The SMILES string of the molecule is COC(=O)C(C(=O)OC)[C@@H]1Cc2ccccc2[C@H](c2ccccc2)[C@H]1c1ccccc1. The third-order valence-electron chi connectivity index (χ3n) is 6.35. The molecule has 0 amide bonds. The number of methoxy groups -OCH3 is 2. The van der Waals surface area contributed by atoms with Gasteiger partial charge in [-0.1, -0.05) is 84.9 Å². The van der Waals surface area contributed by atoms with Crippen LogP contribution in [0.25, 0.3) is 0 Å². The topological polar surface area (TPSA) is 52.6 Å². The third kappa shape index (κ3) is 3.98. The van der Waals surface area contributed by atoms with Gasteiger partial charge >= 0.3 is 11.9 Å². The molecule has 1 aliphatic rings. The molecule has 158 valence electrons. The third-order valence-corrected chi connectivity index (χ3v) is 6.35. The highest BCUT2D eigenvalue weighted by Gasteiger charge is 2.47. The number of carbonyl (C=O) groups is 2. The Morgan fingerprint density at radius 3 is 1.84 bits per heavy atom. The molecule has 0 saturated heterocycles. The van der Waals surface area contributed by atoms with E-state index in [0.29, 0.717) is 6.42 Å². The van der Waals surface area contributed by atoms with Crippen LogP contribution in [0.3, 0.4) is 0 Å². The number of hydrogen-bond acceptors (Lipinski definition) is 4. The van der Waals surface area contributed by atoms with Gasteiger partial charge < -0.3 is 9.47 Å². The minimum absolute atomic E-state index is 0.00429. The second-order valence-corrected chi connectivity index (χ2v) is 7.92. The van der Waals surface area contributed by atoms with Crippen LogP contribution in [0.5, 0.6) is 0 Å². The molecular weight excluding hydrogens is 388 g/mol. The van der Waals surface area contributed by atoms with E-state index in [4.69, 9.17) is 9.47 Å². The molecule has 0 saturated carbocycles. The zero-order valence-corrected chi connectivity index (χ0v) is 17.7. The van der Waals surface area contributed by atoms with Crippen LogP contribution in [0.1, 0.15) is 34.1 Å². The quantitative estimate of drug-likeness (QED) is 0.447. The first kappa shape index (κ1) is 20.9. The van der Waals surface area contributed by atoms with Gasteiger partial charge in [0.1, 0.15) is 0 Å². The van der Waals surface area contributed by atoms with Crippen molar-refractivity contribution >= 4 is 11.9 Å². The molecule has 0 aliphatic heterocycles. The van der Waals surface area contributed by atoms with Gasteiger partial charge in [0.05, 0.1) is 14.2 Å². The number of ether oxygens (including phenoxy) is 2. The highest BCUT2D eigenvalue weighted by molar-refractivity contribution is 5.95. The maximum Gasteiger partial charge on any atom is 0.320 e.